The van der Waals surface area contributed by atoms with Gasteiger partial charge >= 0.3 is 5.97 Å². The fourth-order valence-corrected chi connectivity index (χ4v) is 5.28. The molecule has 0 saturated carbocycles. The third kappa shape index (κ3) is 5.57. The van der Waals surface area contributed by atoms with E-state index in [2.05, 4.69) is 30.5 Å². The summed E-state index contributed by atoms with van der Waals surface area (Å²) in [7, 11) is 0. The van der Waals surface area contributed by atoms with Gasteiger partial charge in [-0.15, -0.1) is 11.3 Å². The number of imidazole rings is 1. The number of amides is 1. The number of hydrogen-bond acceptors (Lipinski definition) is 8. The summed E-state index contributed by atoms with van der Waals surface area (Å²) in [5, 5.41) is 6.90. The average molecular weight is 505 g/mol. The van der Waals surface area contributed by atoms with Crippen molar-refractivity contribution in [2.24, 2.45) is 0 Å². The molecule has 0 aliphatic carbocycles. The number of likely N-dealkylation sites (tertiary alicyclic amines) is 1. The number of benzene rings is 1. The number of aryl methyl sites for hydroxylation is 1. The maximum atomic E-state index is 12.7. The normalized spacial score (nSPS) is 18.8. The van der Waals surface area contributed by atoms with E-state index >= 15 is 0 Å². The number of halogens is 1. The zero-order valence-corrected chi connectivity index (χ0v) is 20.8. The number of aromatic nitrogens is 3. The summed E-state index contributed by atoms with van der Waals surface area (Å²) in [6.45, 7) is 7.23. The third-order valence-corrected chi connectivity index (χ3v) is 7.18. The fraction of sp³-hybridized carbons (Fsp3) is 0.478. The summed E-state index contributed by atoms with van der Waals surface area (Å²) >= 11 is 7.52. The molecule has 11 heteroatoms. The van der Waals surface area contributed by atoms with E-state index in [9.17, 15) is 9.59 Å². The Morgan fingerprint density at radius 2 is 2.18 bits per heavy atom. The van der Waals surface area contributed by atoms with Gasteiger partial charge in [-0.2, -0.15) is 0 Å². The Bertz CT molecular complexity index is 1150. The first kappa shape index (κ1) is 24.6. The Morgan fingerprint density at radius 3 is 2.94 bits per heavy atom. The monoisotopic (exact) mass is 504 g/mol. The molecule has 1 aromatic carbocycles. The van der Waals surface area contributed by atoms with Crippen LogP contribution in [0.3, 0.4) is 0 Å². The summed E-state index contributed by atoms with van der Waals surface area (Å²) in [4.78, 5) is 38.9. The summed E-state index contributed by atoms with van der Waals surface area (Å²) in [5.41, 5.74) is 3.84. The minimum atomic E-state index is -0.330. The van der Waals surface area contributed by atoms with Crippen LogP contribution in [0.1, 0.15) is 46.9 Å². The zero-order chi connectivity index (χ0) is 24.1. The molecule has 0 bridgehead atoms. The second kappa shape index (κ2) is 11.3. The molecule has 1 amide bonds. The molecule has 0 unspecified atom stereocenters. The average Bonchev–Trinajstić information content (AvgIpc) is 3.46. The smallest absolute Gasteiger partial charge is 0.339 e. The molecule has 3 heterocycles. The van der Waals surface area contributed by atoms with Crippen LogP contribution in [0.15, 0.2) is 23.7 Å². The molecule has 182 valence electrons. The van der Waals surface area contributed by atoms with E-state index in [1.807, 2.05) is 26.0 Å². The van der Waals surface area contributed by atoms with E-state index in [0.29, 0.717) is 30.3 Å². The number of esters is 1. The van der Waals surface area contributed by atoms with Gasteiger partial charge in [0.15, 0.2) is 11.0 Å². The van der Waals surface area contributed by atoms with Crippen LogP contribution in [0.2, 0.25) is 5.15 Å². The molecule has 0 radical (unpaired) electrons. The van der Waals surface area contributed by atoms with Gasteiger partial charge in [0.05, 0.1) is 27.0 Å². The van der Waals surface area contributed by atoms with Gasteiger partial charge in [-0.05, 0) is 31.5 Å². The topological polar surface area (TPSA) is 112 Å². The predicted molar refractivity (Wildman–Crippen MR) is 133 cm³/mol. The van der Waals surface area contributed by atoms with Gasteiger partial charge < -0.3 is 20.4 Å². The standard InChI is InChI=1S/C23H29ClN6O3S/c1-3-15-20(24)29-21(27-15)22(31)28-16-8-9-30(12-18(16)25-4-2)10-11-33-23(32)14-6-5-7-17-19(14)34-13-26-17/h5-7,13,16,18,25H,3-4,8-12H2,1-2H3,(H,27,29)(H,28,31)/t16-,18-/m1/s1. The van der Waals surface area contributed by atoms with Crippen molar-refractivity contribution < 1.29 is 14.3 Å². The molecule has 3 N–H and O–H groups in total. The van der Waals surface area contributed by atoms with Gasteiger partial charge in [0.1, 0.15) is 6.61 Å². The van der Waals surface area contributed by atoms with Crippen molar-refractivity contribution in [2.75, 3.05) is 32.8 Å². The number of thiazole rings is 1. The highest BCUT2D eigenvalue weighted by Gasteiger charge is 2.31. The van der Waals surface area contributed by atoms with Crippen molar-refractivity contribution in [3.8, 4) is 0 Å². The van der Waals surface area contributed by atoms with Gasteiger partial charge in [0.25, 0.3) is 5.91 Å². The summed E-state index contributed by atoms with van der Waals surface area (Å²) in [6, 6.07) is 5.51. The van der Waals surface area contributed by atoms with Crippen LogP contribution in [0.4, 0.5) is 0 Å². The zero-order valence-electron chi connectivity index (χ0n) is 19.3. The molecular weight excluding hydrogens is 476 g/mol. The van der Waals surface area contributed by atoms with Crippen molar-refractivity contribution in [2.45, 2.75) is 38.8 Å². The maximum absolute atomic E-state index is 12.7. The Morgan fingerprint density at radius 1 is 1.32 bits per heavy atom. The molecule has 0 spiro atoms. The first-order chi connectivity index (χ1) is 16.5. The molecule has 1 aliphatic heterocycles. The second-order valence-electron chi connectivity index (χ2n) is 8.18. The number of H-pyrrole nitrogens is 1. The van der Waals surface area contributed by atoms with Gasteiger partial charge in [0.2, 0.25) is 0 Å². The Labute approximate surface area is 207 Å². The molecular formula is C23H29ClN6O3S. The molecule has 3 aromatic rings. The van der Waals surface area contributed by atoms with Crippen molar-refractivity contribution in [3.63, 3.8) is 0 Å². The number of likely N-dealkylation sites (N-methyl/N-ethyl adjacent to an activating group) is 1. The Kier molecular flexibility index (Phi) is 8.15. The number of ether oxygens (including phenoxy) is 1. The van der Waals surface area contributed by atoms with Crippen LogP contribution >= 0.6 is 22.9 Å². The van der Waals surface area contributed by atoms with E-state index in [-0.39, 0.29) is 29.8 Å². The van der Waals surface area contributed by atoms with Gasteiger partial charge in [-0.1, -0.05) is 31.5 Å². The van der Waals surface area contributed by atoms with Crippen molar-refractivity contribution >= 4 is 45.0 Å². The number of nitrogens with one attached hydrogen (secondary N) is 3. The highest BCUT2D eigenvalue weighted by molar-refractivity contribution is 7.17. The van der Waals surface area contributed by atoms with Crippen molar-refractivity contribution in [1.82, 2.24) is 30.5 Å². The summed E-state index contributed by atoms with van der Waals surface area (Å²) in [6.07, 6.45) is 1.45. The van der Waals surface area contributed by atoms with E-state index in [4.69, 9.17) is 16.3 Å². The number of rotatable bonds is 9. The van der Waals surface area contributed by atoms with Crippen LogP contribution < -0.4 is 10.6 Å². The number of carbonyl (C=O) groups is 2. The molecule has 1 saturated heterocycles. The van der Waals surface area contributed by atoms with E-state index < -0.39 is 0 Å². The fourth-order valence-electron chi connectivity index (χ4n) is 4.22. The van der Waals surface area contributed by atoms with Crippen molar-refractivity contribution in [3.05, 3.63) is 45.9 Å². The number of hydrogen-bond donors (Lipinski definition) is 3. The highest BCUT2D eigenvalue weighted by atomic mass is 35.5. The summed E-state index contributed by atoms with van der Waals surface area (Å²) < 4.78 is 6.41. The first-order valence-electron chi connectivity index (χ1n) is 11.5. The van der Waals surface area contributed by atoms with Gasteiger partial charge in [-0.3, -0.25) is 9.69 Å². The SMILES string of the molecule is CCN[C@@H]1CN(CCOC(=O)c2cccc3ncsc23)CC[C@H]1NC(=O)c1nc(Cl)c(CC)[nH]1. The molecule has 34 heavy (non-hydrogen) atoms. The summed E-state index contributed by atoms with van der Waals surface area (Å²) in [5.74, 6) is -0.347. The first-order valence-corrected chi connectivity index (χ1v) is 12.8. The third-order valence-electron chi connectivity index (χ3n) is 5.99. The van der Waals surface area contributed by atoms with E-state index in [0.717, 1.165) is 42.0 Å². The Balaban J connectivity index is 1.29. The van der Waals surface area contributed by atoms with Crippen LogP contribution in [0, 0.1) is 0 Å². The number of fused-ring (bicyclic) bond motifs is 1. The van der Waals surface area contributed by atoms with Crippen molar-refractivity contribution in [1.29, 1.82) is 0 Å². The van der Waals surface area contributed by atoms with Crippen LogP contribution in [-0.2, 0) is 11.2 Å². The van der Waals surface area contributed by atoms with Gasteiger partial charge in [0, 0.05) is 31.7 Å². The van der Waals surface area contributed by atoms with Crippen LogP contribution in [0.25, 0.3) is 10.2 Å². The maximum Gasteiger partial charge on any atom is 0.339 e. The van der Waals surface area contributed by atoms with Crippen LogP contribution in [-0.4, -0.2) is 76.6 Å². The lowest BCUT2D eigenvalue weighted by atomic mass is 9.99. The number of carbonyl (C=O) groups excluding carboxylic acids is 2. The molecule has 2 atom stereocenters. The second-order valence-corrected chi connectivity index (χ2v) is 9.40. The van der Waals surface area contributed by atoms with E-state index in [1.165, 1.54) is 11.3 Å². The lowest BCUT2D eigenvalue weighted by Crippen LogP contribution is -2.59. The Hall–Kier alpha value is -2.53. The lowest BCUT2D eigenvalue weighted by molar-refractivity contribution is 0.0431. The largest absolute Gasteiger partial charge is 0.461 e. The van der Waals surface area contributed by atoms with Crippen LogP contribution in [0.5, 0.6) is 0 Å². The quantitative estimate of drug-likeness (QED) is 0.384. The number of nitrogens with zero attached hydrogens (tertiary/aromatic N) is 3. The van der Waals surface area contributed by atoms with Gasteiger partial charge in [-0.25, -0.2) is 14.8 Å². The molecule has 9 nitrogen and oxygen atoms in total. The van der Waals surface area contributed by atoms with E-state index in [1.54, 1.807) is 11.6 Å². The minimum Gasteiger partial charge on any atom is -0.461 e. The highest BCUT2D eigenvalue weighted by Crippen LogP contribution is 2.23. The number of piperidine rings is 1. The molecule has 2 aromatic heterocycles. The molecule has 4 rings (SSSR count). The number of aromatic amines is 1. The predicted octanol–water partition coefficient (Wildman–Crippen LogP) is 2.87. The molecule has 1 fully saturated rings. The lowest BCUT2D eigenvalue weighted by Gasteiger charge is -2.39. The minimum absolute atomic E-state index is 0.0378. The molecule has 1 aliphatic rings.